The highest BCUT2D eigenvalue weighted by atomic mass is 35.5. The third-order valence-corrected chi connectivity index (χ3v) is 3.68. The molecule has 106 valence electrons. The van der Waals surface area contributed by atoms with Crippen LogP contribution in [0, 0.1) is 5.82 Å². The van der Waals surface area contributed by atoms with E-state index in [1.807, 2.05) is 0 Å². The molecule has 0 radical (unpaired) electrons. The van der Waals surface area contributed by atoms with Crippen LogP contribution in [0.5, 0.6) is 0 Å². The average molecular weight is 323 g/mol. The minimum atomic E-state index is -0.512. The lowest BCUT2D eigenvalue weighted by atomic mass is 10.2. The van der Waals surface area contributed by atoms with Crippen molar-refractivity contribution >= 4 is 51.3 Å². The minimum absolute atomic E-state index is 0.0366. The summed E-state index contributed by atoms with van der Waals surface area (Å²) >= 11 is 11.8. The Morgan fingerprint density at radius 1 is 1.05 bits per heavy atom. The molecule has 0 saturated heterocycles. The van der Waals surface area contributed by atoms with E-state index in [2.05, 4.69) is 15.3 Å². The molecule has 7 heteroatoms. The minimum Gasteiger partial charge on any atom is -0.396 e. The van der Waals surface area contributed by atoms with Crippen molar-refractivity contribution in [1.29, 1.82) is 0 Å². The second-order valence-electron chi connectivity index (χ2n) is 4.37. The highest BCUT2D eigenvalue weighted by Crippen LogP contribution is 2.29. The molecule has 1 aromatic heterocycles. The summed E-state index contributed by atoms with van der Waals surface area (Å²) in [5, 5.41) is 4.58. The molecule has 0 aliphatic heterocycles. The molecular weight excluding hydrogens is 314 g/mol. The zero-order valence-electron chi connectivity index (χ0n) is 10.6. The van der Waals surface area contributed by atoms with Crippen molar-refractivity contribution in [2.75, 3.05) is 11.1 Å². The van der Waals surface area contributed by atoms with Crippen LogP contribution in [0.2, 0.25) is 10.0 Å². The number of halogens is 3. The Labute approximate surface area is 129 Å². The molecular formula is C14H9Cl2FN4. The Morgan fingerprint density at radius 2 is 1.86 bits per heavy atom. The Hall–Kier alpha value is -2.11. The zero-order chi connectivity index (χ0) is 15.0. The van der Waals surface area contributed by atoms with E-state index in [0.717, 1.165) is 0 Å². The van der Waals surface area contributed by atoms with E-state index in [-0.39, 0.29) is 5.69 Å². The van der Waals surface area contributed by atoms with Crippen molar-refractivity contribution in [3.63, 3.8) is 0 Å². The van der Waals surface area contributed by atoms with Crippen LogP contribution in [0.1, 0.15) is 0 Å². The number of anilines is 3. The average Bonchev–Trinajstić information content (AvgIpc) is 2.45. The first-order valence-corrected chi connectivity index (χ1v) is 6.72. The van der Waals surface area contributed by atoms with Crippen LogP contribution in [-0.2, 0) is 0 Å². The second-order valence-corrected chi connectivity index (χ2v) is 5.18. The van der Waals surface area contributed by atoms with Gasteiger partial charge < -0.3 is 11.1 Å². The molecule has 0 bridgehead atoms. The van der Waals surface area contributed by atoms with Crippen LogP contribution in [0.25, 0.3) is 10.9 Å². The van der Waals surface area contributed by atoms with E-state index in [0.29, 0.717) is 32.5 Å². The summed E-state index contributed by atoms with van der Waals surface area (Å²) in [6.45, 7) is 0. The Balaban J connectivity index is 2.07. The molecule has 2 aromatic carbocycles. The van der Waals surface area contributed by atoms with Gasteiger partial charge in [-0.05, 0) is 24.3 Å². The van der Waals surface area contributed by atoms with Gasteiger partial charge in [0.15, 0.2) is 0 Å². The number of nitrogens with two attached hydrogens (primary N) is 1. The van der Waals surface area contributed by atoms with Crippen molar-refractivity contribution in [2.45, 2.75) is 0 Å². The fourth-order valence-corrected chi connectivity index (χ4v) is 2.20. The van der Waals surface area contributed by atoms with E-state index in [9.17, 15) is 4.39 Å². The summed E-state index contributed by atoms with van der Waals surface area (Å²) in [5.41, 5.74) is 6.79. The van der Waals surface area contributed by atoms with Crippen LogP contribution in [-0.4, -0.2) is 9.97 Å². The highest BCUT2D eigenvalue weighted by molar-refractivity contribution is 6.42. The van der Waals surface area contributed by atoms with Crippen molar-refractivity contribution < 1.29 is 4.39 Å². The molecule has 0 aliphatic carbocycles. The predicted molar refractivity (Wildman–Crippen MR) is 83.7 cm³/mol. The first kappa shape index (κ1) is 13.9. The van der Waals surface area contributed by atoms with Gasteiger partial charge in [0.1, 0.15) is 18.0 Å². The molecule has 3 N–H and O–H groups in total. The number of fused-ring (bicyclic) bond motifs is 1. The summed E-state index contributed by atoms with van der Waals surface area (Å²) in [6, 6.07) is 7.86. The molecule has 4 nitrogen and oxygen atoms in total. The van der Waals surface area contributed by atoms with Gasteiger partial charge in [-0.2, -0.15) is 0 Å². The fourth-order valence-electron chi connectivity index (χ4n) is 1.90. The fraction of sp³-hybridized carbons (Fsp3) is 0. The molecule has 0 atom stereocenters. The topological polar surface area (TPSA) is 63.8 Å². The molecule has 21 heavy (non-hydrogen) atoms. The summed E-state index contributed by atoms with van der Waals surface area (Å²) in [7, 11) is 0. The number of nitrogens with zero attached hydrogens (tertiary/aromatic N) is 2. The van der Waals surface area contributed by atoms with Crippen LogP contribution < -0.4 is 11.1 Å². The van der Waals surface area contributed by atoms with Gasteiger partial charge >= 0.3 is 0 Å². The zero-order valence-corrected chi connectivity index (χ0v) is 12.1. The summed E-state index contributed by atoms with van der Waals surface area (Å²) in [5.74, 6) is -0.00761. The predicted octanol–water partition coefficient (Wildman–Crippen LogP) is 4.40. The SMILES string of the molecule is Nc1cc2c(Nc3ccc(Cl)c(Cl)c3)ncnc2cc1F. The number of benzene rings is 2. The van der Waals surface area contributed by atoms with Gasteiger partial charge in [0.2, 0.25) is 0 Å². The van der Waals surface area contributed by atoms with Gasteiger partial charge in [-0.25, -0.2) is 14.4 Å². The number of nitrogens with one attached hydrogen (secondary N) is 1. The van der Waals surface area contributed by atoms with Gasteiger partial charge in [0.05, 0.1) is 21.2 Å². The molecule has 0 amide bonds. The number of hydrogen-bond acceptors (Lipinski definition) is 4. The quantitative estimate of drug-likeness (QED) is 0.686. The smallest absolute Gasteiger partial charge is 0.148 e. The first-order valence-electron chi connectivity index (χ1n) is 5.96. The maximum absolute atomic E-state index is 13.5. The third-order valence-electron chi connectivity index (χ3n) is 2.94. The van der Waals surface area contributed by atoms with Gasteiger partial charge in [-0.1, -0.05) is 23.2 Å². The number of nitrogen functional groups attached to an aromatic ring is 1. The van der Waals surface area contributed by atoms with E-state index in [4.69, 9.17) is 28.9 Å². The van der Waals surface area contributed by atoms with Crippen molar-refractivity contribution in [3.8, 4) is 0 Å². The van der Waals surface area contributed by atoms with E-state index < -0.39 is 5.82 Å². The van der Waals surface area contributed by atoms with E-state index in [1.165, 1.54) is 18.5 Å². The molecule has 3 rings (SSSR count). The third kappa shape index (κ3) is 2.70. The summed E-state index contributed by atoms with van der Waals surface area (Å²) < 4.78 is 13.5. The van der Waals surface area contributed by atoms with Gasteiger partial charge in [0.25, 0.3) is 0 Å². The monoisotopic (exact) mass is 322 g/mol. The summed E-state index contributed by atoms with van der Waals surface area (Å²) in [4.78, 5) is 8.17. The van der Waals surface area contributed by atoms with E-state index in [1.54, 1.807) is 18.2 Å². The largest absolute Gasteiger partial charge is 0.396 e. The lowest BCUT2D eigenvalue weighted by Gasteiger charge is -2.10. The molecule has 3 aromatic rings. The maximum Gasteiger partial charge on any atom is 0.148 e. The highest BCUT2D eigenvalue weighted by Gasteiger charge is 2.09. The molecule has 0 fully saturated rings. The van der Waals surface area contributed by atoms with Gasteiger partial charge in [0, 0.05) is 17.1 Å². The Morgan fingerprint density at radius 3 is 2.62 bits per heavy atom. The summed E-state index contributed by atoms with van der Waals surface area (Å²) in [6.07, 6.45) is 1.35. The van der Waals surface area contributed by atoms with Crippen molar-refractivity contribution in [3.05, 3.63) is 52.5 Å². The number of aromatic nitrogens is 2. The van der Waals surface area contributed by atoms with Gasteiger partial charge in [-0.15, -0.1) is 0 Å². The molecule has 0 unspecified atom stereocenters. The second kappa shape index (κ2) is 5.35. The van der Waals surface area contributed by atoms with Crippen LogP contribution in [0.15, 0.2) is 36.7 Å². The first-order chi connectivity index (χ1) is 10.0. The normalized spacial score (nSPS) is 10.8. The lowest BCUT2D eigenvalue weighted by molar-refractivity contribution is 0.634. The molecule has 0 spiro atoms. The van der Waals surface area contributed by atoms with Crippen LogP contribution in [0.4, 0.5) is 21.6 Å². The number of rotatable bonds is 2. The van der Waals surface area contributed by atoms with Gasteiger partial charge in [-0.3, -0.25) is 0 Å². The van der Waals surface area contributed by atoms with Crippen molar-refractivity contribution in [1.82, 2.24) is 9.97 Å². The Kier molecular flexibility index (Phi) is 3.53. The van der Waals surface area contributed by atoms with Crippen LogP contribution in [0.3, 0.4) is 0 Å². The lowest BCUT2D eigenvalue weighted by Crippen LogP contribution is -1.98. The maximum atomic E-state index is 13.5. The standard InChI is InChI=1S/C14H9Cl2FN4/c15-9-2-1-7(3-10(9)16)21-14-8-4-12(18)11(17)5-13(8)19-6-20-14/h1-6H,18H2,(H,19,20,21). The Bertz CT molecular complexity index is 839. The van der Waals surface area contributed by atoms with E-state index >= 15 is 0 Å². The number of hydrogen-bond donors (Lipinski definition) is 2. The molecule has 0 saturated carbocycles. The molecule has 0 aliphatic rings. The van der Waals surface area contributed by atoms with Crippen LogP contribution >= 0.6 is 23.2 Å². The van der Waals surface area contributed by atoms with Crippen molar-refractivity contribution in [2.24, 2.45) is 0 Å². The molecule has 1 heterocycles.